The first-order valence-corrected chi connectivity index (χ1v) is 12.3. The highest BCUT2D eigenvalue weighted by atomic mass is 127. The van der Waals surface area contributed by atoms with Gasteiger partial charge in [-0.2, -0.15) is 0 Å². The van der Waals surface area contributed by atoms with Crippen LogP contribution in [-0.4, -0.2) is 144 Å². The van der Waals surface area contributed by atoms with Gasteiger partial charge in [0.15, 0.2) is 0 Å². The van der Waals surface area contributed by atoms with Crippen LogP contribution >= 0.6 is 22.9 Å². The molecule has 0 aromatic heterocycles. The van der Waals surface area contributed by atoms with E-state index in [1.54, 1.807) is 7.11 Å². The minimum absolute atomic E-state index is 0.722. The molecular weight excluding hydrogens is 485 g/mol. The Morgan fingerprint density at radius 3 is 1.79 bits per heavy atom. The second-order valence-corrected chi connectivity index (χ2v) is 9.08. The van der Waals surface area contributed by atoms with Crippen LogP contribution in [0.15, 0.2) is 0 Å². The minimum atomic E-state index is 0.722. The third kappa shape index (κ3) is 8.12. The predicted octanol–water partition coefficient (Wildman–Crippen LogP) is -0.0183. The van der Waals surface area contributed by atoms with Gasteiger partial charge in [-0.25, -0.2) is 0 Å². The van der Waals surface area contributed by atoms with Crippen molar-refractivity contribution < 1.29 is 14.2 Å². The Balaban J connectivity index is 1.17. The summed E-state index contributed by atoms with van der Waals surface area (Å²) in [5.41, 5.74) is 0. The van der Waals surface area contributed by atoms with Crippen molar-refractivity contribution in [3.8, 4) is 0 Å². The minimum Gasteiger partial charge on any atom is -0.383 e. The Kier molecular flexibility index (Phi) is 11.4. The molecule has 3 rings (SSSR count). The summed E-state index contributed by atoms with van der Waals surface area (Å²) in [4.78, 5) is 10.3. The third-order valence-electron chi connectivity index (χ3n) is 6.48. The zero-order valence-electron chi connectivity index (χ0n) is 18.1. The molecular formula is C20H40IN5O3. The predicted molar refractivity (Wildman–Crippen MR) is 124 cm³/mol. The number of piperazine rings is 2. The molecule has 29 heavy (non-hydrogen) atoms. The molecule has 0 aromatic rings. The number of likely N-dealkylation sites (tertiary alicyclic amines) is 2. The molecule has 8 nitrogen and oxygen atoms in total. The largest absolute Gasteiger partial charge is 0.383 e. The van der Waals surface area contributed by atoms with Gasteiger partial charge in [0.05, 0.1) is 33.0 Å². The summed E-state index contributed by atoms with van der Waals surface area (Å²) in [6.45, 7) is 16.4. The molecule has 0 unspecified atom stereocenters. The first-order valence-electron chi connectivity index (χ1n) is 11.2. The Morgan fingerprint density at radius 2 is 1.28 bits per heavy atom. The van der Waals surface area contributed by atoms with E-state index < -0.39 is 0 Å². The SMILES string of the molecule is COCCN1CCN(CCOCCN2C[C@@H]3C[C@H]2CN3CCOCCNI)CC1. The summed E-state index contributed by atoms with van der Waals surface area (Å²) < 4.78 is 19.9. The van der Waals surface area contributed by atoms with Crippen molar-refractivity contribution in [1.82, 2.24) is 23.1 Å². The van der Waals surface area contributed by atoms with E-state index in [9.17, 15) is 0 Å². The monoisotopic (exact) mass is 525 g/mol. The average Bonchev–Trinajstić information content (AvgIpc) is 3.33. The van der Waals surface area contributed by atoms with Gasteiger partial charge in [-0.1, -0.05) is 0 Å². The first-order chi connectivity index (χ1) is 14.3. The molecule has 3 fully saturated rings. The topological polar surface area (TPSA) is 52.7 Å². The van der Waals surface area contributed by atoms with E-state index in [1.165, 1.54) is 19.5 Å². The van der Waals surface area contributed by atoms with Crippen LogP contribution in [0.3, 0.4) is 0 Å². The van der Waals surface area contributed by atoms with Crippen LogP contribution in [0.25, 0.3) is 0 Å². The van der Waals surface area contributed by atoms with Crippen LogP contribution in [-0.2, 0) is 14.2 Å². The number of halogens is 1. The summed E-state index contributed by atoms with van der Waals surface area (Å²) in [6, 6.07) is 1.44. The number of hydrogen-bond donors (Lipinski definition) is 1. The number of hydrogen-bond acceptors (Lipinski definition) is 8. The molecule has 3 aliphatic rings. The normalized spacial score (nSPS) is 26.7. The second kappa shape index (κ2) is 13.7. The van der Waals surface area contributed by atoms with E-state index in [0.717, 1.165) is 104 Å². The number of ether oxygens (including phenoxy) is 3. The van der Waals surface area contributed by atoms with Crippen molar-refractivity contribution in [3.05, 3.63) is 0 Å². The van der Waals surface area contributed by atoms with Crippen molar-refractivity contribution in [2.24, 2.45) is 0 Å². The van der Waals surface area contributed by atoms with E-state index in [4.69, 9.17) is 14.2 Å². The lowest BCUT2D eigenvalue weighted by molar-refractivity contribution is 0.0419. The van der Waals surface area contributed by atoms with Gasteiger partial charge in [0.2, 0.25) is 0 Å². The van der Waals surface area contributed by atoms with Gasteiger partial charge < -0.3 is 14.2 Å². The Morgan fingerprint density at radius 1 is 0.759 bits per heavy atom. The molecule has 0 spiro atoms. The lowest BCUT2D eigenvalue weighted by Crippen LogP contribution is -2.48. The molecule has 0 saturated carbocycles. The van der Waals surface area contributed by atoms with E-state index in [-0.39, 0.29) is 0 Å². The molecule has 9 heteroatoms. The van der Waals surface area contributed by atoms with E-state index in [1.807, 2.05) is 0 Å². The van der Waals surface area contributed by atoms with E-state index in [2.05, 4.69) is 46.0 Å². The van der Waals surface area contributed by atoms with Gasteiger partial charge in [-0.3, -0.25) is 23.1 Å². The summed E-state index contributed by atoms with van der Waals surface area (Å²) in [5.74, 6) is 0. The number of fused-ring (bicyclic) bond motifs is 2. The van der Waals surface area contributed by atoms with Crippen molar-refractivity contribution >= 4 is 22.9 Å². The highest BCUT2D eigenvalue weighted by Gasteiger charge is 2.42. The maximum atomic E-state index is 5.97. The van der Waals surface area contributed by atoms with Gasteiger partial charge in [-0.05, 0) is 6.42 Å². The lowest BCUT2D eigenvalue weighted by atomic mass is 10.2. The summed E-state index contributed by atoms with van der Waals surface area (Å²) in [5, 5.41) is 0. The van der Waals surface area contributed by atoms with E-state index >= 15 is 0 Å². The van der Waals surface area contributed by atoms with Crippen molar-refractivity contribution in [3.63, 3.8) is 0 Å². The number of methoxy groups -OCH3 is 1. The van der Waals surface area contributed by atoms with Crippen LogP contribution in [0.5, 0.6) is 0 Å². The highest BCUT2D eigenvalue weighted by Crippen LogP contribution is 2.29. The molecule has 0 aliphatic carbocycles. The molecule has 3 heterocycles. The lowest BCUT2D eigenvalue weighted by Gasteiger charge is -2.35. The van der Waals surface area contributed by atoms with Crippen molar-refractivity contribution in [2.75, 3.05) is 112 Å². The zero-order valence-corrected chi connectivity index (χ0v) is 20.2. The van der Waals surface area contributed by atoms with Crippen LogP contribution in [0, 0.1) is 0 Å². The fraction of sp³-hybridized carbons (Fsp3) is 1.00. The molecule has 2 bridgehead atoms. The number of rotatable bonds is 15. The molecule has 3 saturated heterocycles. The van der Waals surface area contributed by atoms with Crippen molar-refractivity contribution in [1.29, 1.82) is 0 Å². The highest BCUT2D eigenvalue weighted by molar-refractivity contribution is 14.1. The Hall–Kier alpha value is 0.410. The van der Waals surface area contributed by atoms with Gasteiger partial charge >= 0.3 is 0 Å². The van der Waals surface area contributed by atoms with Gasteiger partial charge in [-0.15, -0.1) is 0 Å². The van der Waals surface area contributed by atoms with Gasteiger partial charge in [0.25, 0.3) is 0 Å². The maximum absolute atomic E-state index is 5.97. The average molecular weight is 525 g/mol. The third-order valence-corrected chi connectivity index (χ3v) is 7.02. The standard InChI is InChI=1S/C20H40IN5O3/c1-27-12-7-23-3-5-24(6-4-23)8-13-29-15-10-26-18-19-16-20(26)17-25(19)9-14-28-11-2-22-21/h19-20,22H,2-18H2,1H3/t19-,20-/m0/s1. The summed E-state index contributed by atoms with van der Waals surface area (Å²) in [6.07, 6.45) is 1.32. The van der Waals surface area contributed by atoms with Crippen LogP contribution in [0.4, 0.5) is 0 Å². The zero-order chi connectivity index (χ0) is 20.3. The summed E-state index contributed by atoms with van der Waals surface area (Å²) >= 11 is 2.16. The van der Waals surface area contributed by atoms with Crippen LogP contribution in [0.2, 0.25) is 0 Å². The second-order valence-electron chi connectivity index (χ2n) is 8.32. The quantitative estimate of drug-likeness (QED) is 0.182. The molecule has 1 N–H and O–H groups in total. The van der Waals surface area contributed by atoms with Crippen molar-refractivity contribution in [2.45, 2.75) is 18.5 Å². The summed E-state index contributed by atoms with van der Waals surface area (Å²) in [7, 11) is 1.78. The molecule has 3 aliphatic heterocycles. The molecule has 0 radical (unpaired) electrons. The maximum Gasteiger partial charge on any atom is 0.0599 e. The van der Waals surface area contributed by atoms with Crippen LogP contribution < -0.4 is 3.53 Å². The first kappa shape index (κ1) is 24.1. The van der Waals surface area contributed by atoms with Gasteiger partial charge in [0, 0.05) is 114 Å². The molecule has 2 atom stereocenters. The van der Waals surface area contributed by atoms with Gasteiger partial charge in [0.1, 0.15) is 0 Å². The van der Waals surface area contributed by atoms with Crippen LogP contribution in [0.1, 0.15) is 6.42 Å². The smallest absolute Gasteiger partial charge is 0.0599 e. The molecule has 0 aromatic carbocycles. The number of nitrogens with one attached hydrogen (secondary N) is 1. The Bertz CT molecular complexity index is 442. The fourth-order valence-electron chi connectivity index (χ4n) is 4.71. The van der Waals surface area contributed by atoms with E-state index in [0.29, 0.717) is 0 Å². The molecule has 0 amide bonds. The fourth-order valence-corrected chi connectivity index (χ4v) is 4.93. The Labute approximate surface area is 190 Å². The molecule has 170 valence electrons. The number of nitrogens with zero attached hydrogens (tertiary/aromatic N) is 4.